The highest BCUT2D eigenvalue weighted by Crippen LogP contribution is 2.26. The molecule has 122 valence electrons. The fourth-order valence-electron chi connectivity index (χ4n) is 2.87. The lowest BCUT2D eigenvalue weighted by atomic mass is 10.00. The Labute approximate surface area is 151 Å². The number of aromatic nitrogens is 3. The molecule has 0 saturated carbocycles. The van der Waals surface area contributed by atoms with Crippen LogP contribution in [-0.4, -0.2) is 15.0 Å². The summed E-state index contributed by atoms with van der Waals surface area (Å²) in [5.74, 6) is 1.47. The Bertz CT molecular complexity index is 931. The Morgan fingerprint density at radius 2 is 1.48 bits per heavy atom. The highest BCUT2D eigenvalue weighted by molar-refractivity contribution is 6.28. The molecule has 2 aromatic carbocycles. The van der Waals surface area contributed by atoms with Crippen LogP contribution in [0.4, 0.5) is 0 Å². The van der Waals surface area contributed by atoms with Crippen molar-refractivity contribution >= 4 is 11.6 Å². The minimum absolute atomic E-state index is 0.146. The number of rotatable bonds is 3. The van der Waals surface area contributed by atoms with E-state index in [1.165, 1.54) is 5.56 Å². The summed E-state index contributed by atoms with van der Waals surface area (Å²) in [5, 5.41) is 0.232. The predicted octanol–water partition coefficient (Wildman–Crippen LogP) is 5.46. The summed E-state index contributed by atoms with van der Waals surface area (Å²) >= 11 is 6.14. The molecule has 3 nitrogen and oxygen atoms in total. The van der Waals surface area contributed by atoms with Gasteiger partial charge in [0, 0.05) is 11.5 Å². The lowest BCUT2D eigenvalue weighted by molar-refractivity contribution is 0.761. The van der Waals surface area contributed by atoms with Crippen LogP contribution in [0, 0.1) is 0 Å². The monoisotopic (exact) mass is 345 g/mol. The van der Waals surface area contributed by atoms with Gasteiger partial charge in [-0.3, -0.25) is 0 Å². The lowest BCUT2D eigenvalue weighted by Crippen LogP contribution is -2.06. The van der Waals surface area contributed by atoms with Crippen molar-refractivity contribution in [2.24, 2.45) is 0 Å². The van der Waals surface area contributed by atoms with Crippen LogP contribution >= 0.6 is 11.6 Å². The molecule has 1 aliphatic rings. The third kappa shape index (κ3) is 3.52. The van der Waals surface area contributed by atoms with E-state index in [4.69, 9.17) is 11.6 Å². The van der Waals surface area contributed by atoms with Gasteiger partial charge in [-0.15, -0.1) is 0 Å². The van der Waals surface area contributed by atoms with Gasteiger partial charge in [-0.1, -0.05) is 78.9 Å². The van der Waals surface area contributed by atoms with Crippen molar-refractivity contribution in [1.82, 2.24) is 15.0 Å². The van der Waals surface area contributed by atoms with Gasteiger partial charge in [-0.05, 0) is 29.1 Å². The van der Waals surface area contributed by atoms with E-state index in [-0.39, 0.29) is 11.2 Å². The van der Waals surface area contributed by atoms with Crippen LogP contribution in [-0.2, 0) is 0 Å². The molecule has 1 unspecified atom stereocenters. The highest BCUT2D eigenvalue weighted by Gasteiger charge is 2.15. The molecule has 0 radical (unpaired) electrons. The minimum atomic E-state index is 0.146. The second-order valence-electron chi connectivity index (χ2n) is 5.88. The summed E-state index contributed by atoms with van der Waals surface area (Å²) in [6, 6.07) is 18.5. The van der Waals surface area contributed by atoms with Crippen molar-refractivity contribution in [1.29, 1.82) is 0 Å². The Balaban J connectivity index is 1.66. The molecule has 4 heteroatoms. The van der Waals surface area contributed by atoms with E-state index >= 15 is 0 Å². The van der Waals surface area contributed by atoms with Crippen LogP contribution < -0.4 is 0 Å². The summed E-state index contributed by atoms with van der Waals surface area (Å²) in [6.45, 7) is 0. The Kier molecular flexibility index (Phi) is 4.40. The van der Waals surface area contributed by atoms with Gasteiger partial charge in [0.25, 0.3) is 0 Å². The normalized spacial score (nSPS) is 16.1. The third-order valence-corrected chi connectivity index (χ3v) is 4.36. The first-order chi connectivity index (χ1) is 12.3. The second-order valence-corrected chi connectivity index (χ2v) is 6.22. The average Bonchev–Trinajstić information content (AvgIpc) is 2.69. The molecule has 4 rings (SSSR count). The predicted molar refractivity (Wildman–Crippen MR) is 101 cm³/mol. The van der Waals surface area contributed by atoms with Gasteiger partial charge >= 0.3 is 0 Å². The van der Waals surface area contributed by atoms with Gasteiger partial charge in [0.1, 0.15) is 5.82 Å². The average molecular weight is 346 g/mol. The van der Waals surface area contributed by atoms with Gasteiger partial charge in [0.15, 0.2) is 5.82 Å². The van der Waals surface area contributed by atoms with Gasteiger partial charge in [0.05, 0.1) is 0 Å². The standard InChI is InChI=1S/C21H16ClN3/c22-21-24-19(17-9-5-2-6-10-17)23-20(25-21)18-13-11-16(12-14-18)15-7-3-1-4-8-15/h1-9,11-14,17H,10H2. The van der Waals surface area contributed by atoms with Crippen molar-refractivity contribution in [2.75, 3.05) is 0 Å². The van der Waals surface area contributed by atoms with Crippen LogP contribution in [0.25, 0.3) is 22.5 Å². The van der Waals surface area contributed by atoms with Crippen molar-refractivity contribution in [3.63, 3.8) is 0 Å². The molecule has 0 N–H and O–H groups in total. The molecule has 0 aliphatic heterocycles. The molecule has 0 bridgehead atoms. The topological polar surface area (TPSA) is 38.7 Å². The maximum absolute atomic E-state index is 6.14. The van der Waals surface area contributed by atoms with Gasteiger partial charge in [-0.25, -0.2) is 9.97 Å². The molecule has 1 aliphatic carbocycles. The molecule has 0 fully saturated rings. The zero-order valence-corrected chi connectivity index (χ0v) is 14.3. The largest absolute Gasteiger partial charge is 0.226 e. The van der Waals surface area contributed by atoms with Crippen LogP contribution in [0.15, 0.2) is 78.9 Å². The zero-order chi connectivity index (χ0) is 17.1. The van der Waals surface area contributed by atoms with E-state index in [0.29, 0.717) is 11.6 Å². The number of hydrogen-bond acceptors (Lipinski definition) is 3. The summed E-state index contributed by atoms with van der Waals surface area (Å²) in [7, 11) is 0. The molecule has 1 heterocycles. The number of nitrogens with zero attached hydrogens (tertiary/aromatic N) is 3. The fraction of sp³-hybridized carbons (Fsp3) is 0.0952. The summed E-state index contributed by atoms with van der Waals surface area (Å²) in [6.07, 6.45) is 9.12. The summed E-state index contributed by atoms with van der Waals surface area (Å²) in [5.41, 5.74) is 3.27. The SMILES string of the molecule is Clc1nc(-c2ccc(-c3ccccc3)cc2)nc(C2C=CC=CC2)n1. The van der Waals surface area contributed by atoms with Crippen molar-refractivity contribution < 1.29 is 0 Å². The molecule has 0 spiro atoms. The number of hydrogen-bond donors (Lipinski definition) is 0. The molecular weight excluding hydrogens is 330 g/mol. The Morgan fingerprint density at radius 3 is 2.20 bits per heavy atom. The highest BCUT2D eigenvalue weighted by atomic mass is 35.5. The Morgan fingerprint density at radius 1 is 0.760 bits per heavy atom. The number of halogens is 1. The van der Waals surface area contributed by atoms with Crippen LogP contribution in [0.3, 0.4) is 0 Å². The first kappa shape index (κ1) is 15.7. The maximum atomic E-state index is 6.14. The molecule has 0 amide bonds. The van der Waals surface area contributed by atoms with Crippen molar-refractivity contribution in [3.05, 3.63) is 90.0 Å². The first-order valence-corrected chi connectivity index (χ1v) is 8.58. The quantitative estimate of drug-likeness (QED) is 0.632. The molecular formula is C21H16ClN3. The van der Waals surface area contributed by atoms with Gasteiger partial charge < -0.3 is 0 Å². The molecule has 25 heavy (non-hydrogen) atoms. The number of benzene rings is 2. The molecule has 3 aromatic rings. The summed E-state index contributed by atoms with van der Waals surface area (Å²) in [4.78, 5) is 13.2. The third-order valence-electron chi connectivity index (χ3n) is 4.19. The van der Waals surface area contributed by atoms with Crippen LogP contribution in [0.1, 0.15) is 18.2 Å². The van der Waals surface area contributed by atoms with Gasteiger partial charge in [0.2, 0.25) is 5.28 Å². The van der Waals surface area contributed by atoms with E-state index in [1.54, 1.807) is 0 Å². The lowest BCUT2D eigenvalue weighted by Gasteiger charge is -2.12. The van der Waals surface area contributed by atoms with Crippen LogP contribution in [0.2, 0.25) is 5.28 Å². The maximum Gasteiger partial charge on any atom is 0.226 e. The van der Waals surface area contributed by atoms with E-state index in [1.807, 2.05) is 42.5 Å². The van der Waals surface area contributed by atoms with E-state index in [2.05, 4.69) is 51.4 Å². The molecule has 1 atom stereocenters. The van der Waals surface area contributed by atoms with E-state index < -0.39 is 0 Å². The van der Waals surface area contributed by atoms with Gasteiger partial charge in [-0.2, -0.15) is 4.98 Å². The Hall–Kier alpha value is -2.78. The summed E-state index contributed by atoms with van der Waals surface area (Å²) < 4.78 is 0. The van der Waals surface area contributed by atoms with E-state index in [0.717, 1.165) is 17.5 Å². The first-order valence-electron chi connectivity index (χ1n) is 8.20. The fourth-order valence-corrected chi connectivity index (χ4v) is 3.04. The van der Waals surface area contributed by atoms with E-state index in [9.17, 15) is 0 Å². The van der Waals surface area contributed by atoms with Crippen molar-refractivity contribution in [2.45, 2.75) is 12.3 Å². The zero-order valence-electron chi connectivity index (χ0n) is 13.5. The molecule has 1 aromatic heterocycles. The van der Waals surface area contributed by atoms with Crippen molar-refractivity contribution in [3.8, 4) is 22.5 Å². The second kappa shape index (κ2) is 6.99. The van der Waals surface area contributed by atoms with Crippen LogP contribution in [0.5, 0.6) is 0 Å². The number of allylic oxidation sites excluding steroid dienone is 4. The minimum Gasteiger partial charge on any atom is -0.212 e. The molecule has 0 saturated heterocycles. The smallest absolute Gasteiger partial charge is 0.212 e.